The van der Waals surface area contributed by atoms with Crippen LogP contribution in [0.2, 0.25) is 0 Å². The van der Waals surface area contributed by atoms with Crippen molar-refractivity contribution in [3.8, 4) is 5.69 Å². The largest absolute Gasteiger partial charge is 0.481 e. The van der Waals surface area contributed by atoms with Gasteiger partial charge >= 0.3 is 5.97 Å². The van der Waals surface area contributed by atoms with Crippen LogP contribution < -0.4 is 0 Å². The Balaban J connectivity index is 2.17. The van der Waals surface area contributed by atoms with Crippen LogP contribution in [0.3, 0.4) is 0 Å². The van der Waals surface area contributed by atoms with Gasteiger partial charge in [0.1, 0.15) is 0 Å². The summed E-state index contributed by atoms with van der Waals surface area (Å²) >= 11 is 1.23. The highest BCUT2D eigenvalue weighted by Crippen LogP contribution is 2.28. The molecule has 1 N–H and O–H groups in total. The highest BCUT2D eigenvalue weighted by molar-refractivity contribution is 7.99. The first-order valence-corrected chi connectivity index (χ1v) is 7.53. The number of thioether (sulfide) groups is 1. The summed E-state index contributed by atoms with van der Waals surface area (Å²) in [6.45, 7) is 2.03. The molecule has 3 rings (SSSR count). The van der Waals surface area contributed by atoms with Gasteiger partial charge in [0.05, 0.1) is 16.8 Å². The Kier molecular flexibility index (Phi) is 3.66. The Morgan fingerprint density at radius 3 is 2.81 bits per heavy atom. The molecule has 106 valence electrons. The lowest BCUT2D eigenvalue weighted by Gasteiger charge is -2.09. The topological polar surface area (TPSA) is 55.1 Å². The predicted octanol–water partition coefficient (Wildman–Crippen LogP) is 3.51. The molecule has 1 aromatic heterocycles. The summed E-state index contributed by atoms with van der Waals surface area (Å²) in [5.74, 6) is -0.849. The van der Waals surface area contributed by atoms with Crippen molar-refractivity contribution in [1.29, 1.82) is 0 Å². The van der Waals surface area contributed by atoms with Gasteiger partial charge in [-0.05, 0) is 36.8 Å². The molecule has 1 heterocycles. The first-order valence-electron chi connectivity index (χ1n) is 6.54. The third-order valence-electron chi connectivity index (χ3n) is 3.11. The Bertz CT molecular complexity index is 811. The van der Waals surface area contributed by atoms with E-state index in [1.165, 1.54) is 11.8 Å². The van der Waals surface area contributed by atoms with E-state index in [-0.39, 0.29) is 5.75 Å². The van der Waals surface area contributed by atoms with Crippen LogP contribution in [0.5, 0.6) is 0 Å². The summed E-state index contributed by atoms with van der Waals surface area (Å²) in [5, 5.41) is 9.60. The molecule has 0 spiro atoms. The van der Waals surface area contributed by atoms with E-state index in [9.17, 15) is 4.79 Å². The monoisotopic (exact) mass is 298 g/mol. The van der Waals surface area contributed by atoms with Crippen molar-refractivity contribution in [3.05, 3.63) is 54.1 Å². The van der Waals surface area contributed by atoms with Gasteiger partial charge in [-0.15, -0.1) is 0 Å². The molecular weight excluding hydrogens is 284 g/mol. The van der Waals surface area contributed by atoms with Gasteiger partial charge in [-0.2, -0.15) is 0 Å². The third kappa shape index (κ3) is 2.78. The second kappa shape index (κ2) is 5.61. The molecule has 0 amide bonds. The minimum absolute atomic E-state index is 0.00482. The number of rotatable bonds is 4. The highest BCUT2D eigenvalue weighted by Gasteiger charge is 2.13. The number of fused-ring (bicyclic) bond motifs is 1. The fraction of sp³-hybridized carbons (Fsp3) is 0.125. The summed E-state index contributed by atoms with van der Waals surface area (Å²) in [6.07, 6.45) is 0. The van der Waals surface area contributed by atoms with Crippen LogP contribution in [0.25, 0.3) is 16.7 Å². The molecule has 0 saturated carbocycles. The Hall–Kier alpha value is -2.27. The average molecular weight is 298 g/mol. The molecule has 0 aliphatic heterocycles. The lowest BCUT2D eigenvalue weighted by Crippen LogP contribution is -2.02. The molecule has 3 aromatic rings. The van der Waals surface area contributed by atoms with E-state index in [1.54, 1.807) is 0 Å². The molecule has 0 bridgehead atoms. The second-order valence-corrected chi connectivity index (χ2v) is 5.68. The maximum Gasteiger partial charge on any atom is 0.313 e. The number of carboxylic acid groups (broad SMARTS) is 1. The molecule has 0 aliphatic rings. The number of carbonyl (C=O) groups is 1. The van der Waals surface area contributed by atoms with Crippen LogP contribution >= 0.6 is 11.8 Å². The predicted molar refractivity (Wildman–Crippen MR) is 84.2 cm³/mol. The van der Waals surface area contributed by atoms with Gasteiger partial charge in [0.2, 0.25) is 0 Å². The molecule has 0 radical (unpaired) electrons. The van der Waals surface area contributed by atoms with Gasteiger partial charge in [-0.25, -0.2) is 4.98 Å². The minimum Gasteiger partial charge on any atom is -0.481 e. The molecule has 0 fully saturated rings. The van der Waals surface area contributed by atoms with E-state index < -0.39 is 5.97 Å². The number of hydrogen-bond acceptors (Lipinski definition) is 3. The second-order valence-electron chi connectivity index (χ2n) is 4.74. The van der Waals surface area contributed by atoms with Crippen molar-refractivity contribution in [2.45, 2.75) is 12.1 Å². The Morgan fingerprint density at radius 1 is 1.24 bits per heavy atom. The first kappa shape index (κ1) is 13.7. The van der Waals surface area contributed by atoms with Crippen LogP contribution in [-0.2, 0) is 4.79 Å². The normalized spacial score (nSPS) is 10.9. The highest BCUT2D eigenvalue weighted by atomic mass is 32.2. The van der Waals surface area contributed by atoms with Gasteiger partial charge in [0.15, 0.2) is 5.16 Å². The van der Waals surface area contributed by atoms with Gasteiger partial charge in [0, 0.05) is 5.69 Å². The van der Waals surface area contributed by atoms with Crippen LogP contribution in [0.1, 0.15) is 5.56 Å². The van der Waals surface area contributed by atoms with E-state index in [4.69, 9.17) is 5.11 Å². The van der Waals surface area contributed by atoms with Crippen molar-refractivity contribution in [1.82, 2.24) is 9.55 Å². The molecule has 0 unspecified atom stereocenters. The van der Waals surface area contributed by atoms with Crippen molar-refractivity contribution < 1.29 is 9.90 Å². The quantitative estimate of drug-likeness (QED) is 0.749. The van der Waals surface area contributed by atoms with Crippen LogP contribution in [-0.4, -0.2) is 26.4 Å². The SMILES string of the molecule is Cc1cccc(-n2c(SCC(=O)O)nc3ccccc32)c1. The van der Waals surface area contributed by atoms with Crippen molar-refractivity contribution in [2.75, 3.05) is 5.75 Å². The number of aromatic nitrogens is 2. The van der Waals surface area contributed by atoms with E-state index >= 15 is 0 Å². The summed E-state index contributed by atoms with van der Waals surface area (Å²) in [7, 11) is 0. The Labute approximate surface area is 126 Å². The number of carboxylic acids is 1. The van der Waals surface area contributed by atoms with E-state index in [1.807, 2.05) is 54.0 Å². The molecule has 0 atom stereocenters. The molecule has 21 heavy (non-hydrogen) atoms. The molecule has 2 aromatic carbocycles. The van der Waals surface area contributed by atoms with Gasteiger partial charge in [0.25, 0.3) is 0 Å². The number of aryl methyl sites for hydroxylation is 1. The fourth-order valence-electron chi connectivity index (χ4n) is 2.24. The number of hydrogen-bond donors (Lipinski definition) is 1. The molecular formula is C16H14N2O2S. The molecule has 0 saturated heterocycles. The van der Waals surface area contributed by atoms with E-state index in [0.717, 1.165) is 22.3 Å². The molecule has 0 aliphatic carbocycles. The van der Waals surface area contributed by atoms with Crippen LogP contribution in [0.15, 0.2) is 53.7 Å². The zero-order chi connectivity index (χ0) is 14.8. The van der Waals surface area contributed by atoms with Crippen LogP contribution in [0, 0.1) is 6.92 Å². The molecule has 4 nitrogen and oxygen atoms in total. The fourth-order valence-corrected chi connectivity index (χ4v) is 2.99. The summed E-state index contributed by atoms with van der Waals surface area (Å²) in [5.41, 5.74) is 4.00. The van der Waals surface area contributed by atoms with Gasteiger partial charge in [-0.3, -0.25) is 9.36 Å². The standard InChI is InChI=1S/C16H14N2O2S/c1-11-5-4-6-12(9-11)18-14-8-3-2-7-13(14)17-16(18)21-10-15(19)20/h2-9H,10H2,1H3,(H,19,20). The number of imidazole rings is 1. The van der Waals surface area contributed by atoms with Gasteiger partial charge < -0.3 is 5.11 Å². The number of para-hydroxylation sites is 2. The molecule has 5 heteroatoms. The number of benzene rings is 2. The third-order valence-corrected chi connectivity index (χ3v) is 4.04. The average Bonchev–Trinajstić information content (AvgIpc) is 2.83. The lowest BCUT2D eigenvalue weighted by atomic mass is 10.2. The summed E-state index contributed by atoms with van der Waals surface area (Å²) in [4.78, 5) is 15.4. The van der Waals surface area contributed by atoms with Crippen molar-refractivity contribution in [2.24, 2.45) is 0 Å². The zero-order valence-electron chi connectivity index (χ0n) is 11.5. The minimum atomic E-state index is -0.845. The van der Waals surface area contributed by atoms with Gasteiger partial charge in [-0.1, -0.05) is 36.0 Å². The maximum absolute atomic E-state index is 10.8. The van der Waals surface area contributed by atoms with Crippen molar-refractivity contribution >= 4 is 28.8 Å². The zero-order valence-corrected chi connectivity index (χ0v) is 12.3. The Morgan fingerprint density at radius 2 is 2.05 bits per heavy atom. The van der Waals surface area contributed by atoms with Crippen molar-refractivity contribution in [3.63, 3.8) is 0 Å². The summed E-state index contributed by atoms with van der Waals surface area (Å²) in [6, 6.07) is 15.9. The smallest absolute Gasteiger partial charge is 0.313 e. The number of aliphatic carboxylic acids is 1. The first-order chi connectivity index (χ1) is 10.1. The number of nitrogens with zero attached hydrogens (tertiary/aromatic N) is 2. The van der Waals surface area contributed by atoms with Crippen LogP contribution in [0.4, 0.5) is 0 Å². The van der Waals surface area contributed by atoms with E-state index in [0.29, 0.717) is 5.16 Å². The summed E-state index contributed by atoms with van der Waals surface area (Å²) < 4.78 is 2.01. The van der Waals surface area contributed by atoms with E-state index in [2.05, 4.69) is 11.1 Å². The maximum atomic E-state index is 10.8. The lowest BCUT2D eigenvalue weighted by molar-refractivity contribution is -0.133.